The summed E-state index contributed by atoms with van der Waals surface area (Å²) in [6.07, 6.45) is 9.19. The molecule has 0 amide bonds. The summed E-state index contributed by atoms with van der Waals surface area (Å²) < 4.78 is 0. The Morgan fingerprint density at radius 2 is 1.33 bits per heavy atom. The van der Waals surface area contributed by atoms with Crippen LogP contribution in [0.25, 0.3) is 0 Å². The van der Waals surface area contributed by atoms with Crippen LogP contribution in [0.4, 0.5) is 0 Å². The van der Waals surface area contributed by atoms with Gasteiger partial charge in [0.05, 0.1) is 0 Å². The molecular weight excluding hydrogens is 144 g/mol. The van der Waals surface area contributed by atoms with E-state index in [2.05, 4.69) is 13.8 Å². The number of hydrogen-bond acceptors (Lipinski definition) is 0. The van der Waals surface area contributed by atoms with Gasteiger partial charge in [-0.1, -0.05) is 26.7 Å². The van der Waals surface area contributed by atoms with Gasteiger partial charge in [-0.05, 0) is 49.4 Å². The molecule has 2 aliphatic carbocycles. The summed E-state index contributed by atoms with van der Waals surface area (Å²) >= 11 is 0. The van der Waals surface area contributed by atoms with Gasteiger partial charge in [0.2, 0.25) is 0 Å². The topological polar surface area (TPSA) is 0 Å². The lowest BCUT2D eigenvalue weighted by atomic mass is 9.75. The molecule has 4 unspecified atom stereocenters. The smallest absolute Gasteiger partial charge is 0.0407 e. The molecule has 0 N–H and O–H groups in total. The standard InChI is InChI=1S/C12H22/c1-9-3-4-11-6-10(2)7-12(5-9)8-11/h9-12H,3-8H2,1-2H3. The van der Waals surface area contributed by atoms with E-state index in [0.717, 1.165) is 23.7 Å². The highest BCUT2D eigenvalue weighted by Gasteiger charge is 2.30. The van der Waals surface area contributed by atoms with Crippen molar-refractivity contribution < 1.29 is 0 Å². The Morgan fingerprint density at radius 3 is 2.17 bits per heavy atom. The molecule has 2 saturated carbocycles. The highest BCUT2D eigenvalue weighted by atomic mass is 14.4. The summed E-state index contributed by atoms with van der Waals surface area (Å²) in [5.74, 6) is 4.24. The summed E-state index contributed by atoms with van der Waals surface area (Å²) in [7, 11) is 0. The van der Waals surface area contributed by atoms with E-state index in [-0.39, 0.29) is 0 Å². The van der Waals surface area contributed by atoms with Crippen molar-refractivity contribution in [2.75, 3.05) is 0 Å². The van der Waals surface area contributed by atoms with Crippen LogP contribution in [0.3, 0.4) is 0 Å². The largest absolute Gasteiger partial charge is 0.0625 e. The van der Waals surface area contributed by atoms with Gasteiger partial charge >= 0.3 is 0 Å². The van der Waals surface area contributed by atoms with E-state index in [0.29, 0.717) is 0 Å². The van der Waals surface area contributed by atoms with Crippen molar-refractivity contribution in [2.24, 2.45) is 23.7 Å². The molecule has 2 rings (SSSR count). The average molecular weight is 166 g/mol. The molecule has 2 bridgehead atoms. The zero-order valence-electron chi connectivity index (χ0n) is 8.55. The molecule has 0 radical (unpaired) electrons. The van der Waals surface area contributed by atoms with Crippen molar-refractivity contribution in [3.8, 4) is 0 Å². The molecule has 0 aromatic carbocycles. The number of hydrogen-bond donors (Lipinski definition) is 0. The van der Waals surface area contributed by atoms with E-state index in [4.69, 9.17) is 0 Å². The minimum atomic E-state index is 1.02. The molecule has 12 heavy (non-hydrogen) atoms. The first kappa shape index (κ1) is 8.59. The molecule has 4 atom stereocenters. The van der Waals surface area contributed by atoms with Crippen LogP contribution in [0, 0.1) is 23.7 Å². The van der Waals surface area contributed by atoms with Gasteiger partial charge in [-0.15, -0.1) is 0 Å². The Bertz CT molecular complexity index is 148. The fraction of sp³-hybridized carbons (Fsp3) is 1.00. The van der Waals surface area contributed by atoms with Crippen LogP contribution < -0.4 is 0 Å². The summed E-state index contributed by atoms with van der Waals surface area (Å²) in [4.78, 5) is 0. The maximum Gasteiger partial charge on any atom is -0.0407 e. The summed E-state index contributed by atoms with van der Waals surface area (Å²) in [6, 6.07) is 0. The van der Waals surface area contributed by atoms with E-state index in [1.165, 1.54) is 32.1 Å². The predicted octanol–water partition coefficient (Wildman–Crippen LogP) is 3.86. The van der Waals surface area contributed by atoms with E-state index < -0.39 is 0 Å². The van der Waals surface area contributed by atoms with E-state index in [1.54, 1.807) is 6.42 Å². The Labute approximate surface area is 76.7 Å². The van der Waals surface area contributed by atoms with Crippen LogP contribution in [0.1, 0.15) is 52.4 Å². The van der Waals surface area contributed by atoms with Gasteiger partial charge in [0.15, 0.2) is 0 Å². The first-order valence-corrected chi connectivity index (χ1v) is 5.74. The number of fused-ring (bicyclic) bond motifs is 2. The monoisotopic (exact) mass is 166 g/mol. The lowest BCUT2D eigenvalue weighted by Crippen LogP contribution is -2.19. The van der Waals surface area contributed by atoms with Crippen molar-refractivity contribution in [2.45, 2.75) is 52.4 Å². The Hall–Kier alpha value is 0. The third kappa shape index (κ3) is 1.84. The van der Waals surface area contributed by atoms with Gasteiger partial charge in [-0.3, -0.25) is 0 Å². The van der Waals surface area contributed by atoms with Gasteiger partial charge < -0.3 is 0 Å². The quantitative estimate of drug-likeness (QED) is 0.512. The lowest BCUT2D eigenvalue weighted by Gasteiger charge is -2.31. The van der Waals surface area contributed by atoms with Crippen LogP contribution >= 0.6 is 0 Å². The van der Waals surface area contributed by atoms with Crippen LogP contribution in [-0.2, 0) is 0 Å². The zero-order chi connectivity index (χ0) is 8.55. The molecule has 0 spiro atoms. The number of rotatable bonds is 0. The first-order valence-electron chi connectivity index (χ1n) is 5.74. The highest BCUT2D eigenvalue weighted by molar-refractivity contribution is 4.81. The molecule has 2 fully saturated rings. The molecule has 2 aliphatic rings. The molecule has 0 saturated heterocycles. The van der Waals surface area contributed by atoms with Crippen molar-refractivity contribution in [3.63, 3.8) is 0 Å². The third-order valence-electron chi connectivity index (χ3n) is 3.94. The minimum absolute atomic E-state index is 1.02. The van der Waals surface area contributed by atoms with Crippen LogP contribution in [0.5, 0.6) is 0 Å². The SMILES string of the molecule is CC1CCC2CC(C)CC(C1)C2. The van der Waals surface area contributed by atoms with Gasteiger partial charge in [0.25, 0.3) is 0 Å². The fourth-order valence-corrected chi connectivity index (χ4v) is 3.53. The van der Waals surface area contributed by atoms with Crippen LogP contribution in [-0.4, -0.2) is 0 Å². The second-order valence-corrected chi connectivity index (χ2v) is 5.46. The minimum Gasteiger partial charge on any atom is -0.0625 e. The van der Waals surface area contributed by atoms with Gasteiger partial charge in [0.1, 0.15) is 0 Å². The first-order chi connectivity index (χ1) is 5.74. The molecule has 0 heterocycles. The van der Waals surface area contributed by atoms with Gasteiger partial charge in [-0.25, -0.2) is 0 Å². The molecule has 70 valence electrons. The van der Waals surface area contributed by atoms with Crippen molar-refractivity contribution in [1.29, 1.82) is 0 Å². The van der Waals surface area contributed by atoms with Crippen molar-refractivity contribution in [3.05, 3.63) is 0 Å². The maximum absolute atomic E-state index is 2.45. The third-order valence-corrected chi connectivity index (χ3v) is 3.94. The summed E-state index contributed by atoms with van der Waals surface area (Å²) in [5.41, 5.74) is 0. The molecule has 0 aromatic heterocycles. The Kier molecular flexibility index (Phi) is 2.43. The van der Waals surface area contributed by atoms with Crippen molar-refractivity contribution >= 4 is 0 Å². The van der Waals surface area contributed by atoms with Crippen LogP contribution in [0.15, 0.2) is 0 Å². The van der Waals surface area contributed by atoms with E-state index in [9.17, 15) is 0 Å². The van der Waals surface area contributed by atoms with Gasteiger partial charge in [0, 0.05) is 0 Å². The summed E-state index contributed by atoms with van der Waals surface area (Å²) in [5, 5.41) is 0. The molecule has 0 aromatic rings. The molecular formula is C12H22. The normalized spacial score (nSPS) is 48.5. The van der Waals surface area contributed by atoms with Crippen LogP contribution in [0.2, 0.25) is 0 Å². The maximum atomic E-state index is 2.45. The predicted molar refractivity (Wildman–Crippen MR) is 53.0 cm³/mol. The molecule has 0 aliphatic heterocycles. The van der Waals surface area contributed by atoms with Gasteiger partial charge in [-0.2, -0.15) is 0 Å². The fourth-order valence-electron chi connectivity index (χ4n) is 3.53. The van der Waals surface area contributed by atoms with E-state index in [1.807, 2.05) is 0 Å². The average Bonchev–Trinajstić information content (AvgIpc) is 2.10. The molecule has 0 heteroatoms. The Morgan fingerprint density at radius 1 is 0.667 bits per heavy atom. The zero-order valence-corrected chi connectivity index (χ0v) is 8.55. The summed E-state index contributed by atoms with van der Waals surface area (Å²) in [6.45, 7) is 4.90. The second kappa shape index (κ2) is 3.40. The van der Waals surface area contributed by atoms with Crippen molar-refractivity contribution in [1.82, 2.24) is 0 Å². The molecule has 0 nitrogen and oxygen atoms in total. The van der Waals surface area contributed by atoms with E-state index >= 15 is 0 Å². The highest BCUT2D eigenvalue weighted by Crippen LogP contribution is 2.42. The lowest BCUT2D eigenvalue weighted by molar-refractivity contribution is 0.206. The second-order valence-electron chi connectivity index (χ2n) is 5.46. The Balaban J connectivity index is 2.01.